The zero-order valence-electron chi connectivity index (χ0n) is 12.5. The Hall–Kier alpha value is -1.93. The molecule has 0 saturated carbocycles. The number of benzene rings is 1. The molecular weight excluding hydrogens is 337 g/mol. The quantitative estimate of drug-likeness (QED) is 0.799. The van der Waals surface area contributed by atoms with E-state index in [1.807, 2.05) is 5.38 Å². The summed E-state index contributed by atoms with van der Waals surface area (Å²) in [5.74, 6) is 0.279. The van der Waals surface area contributed by atoms with E-state index in [0.717, 1.165) is 5.69 Å². The fourth-order valence-corrected chi connectivity index (χ4v) is 3.17. The van der Waals surface area contributed by atoms with Crippen molar-refractivity contribution in [1.29, 1.82) is 0 Å². The summed E-state index contributed by atoms with van der Waals surface area (Å²) in [5.41, 5.74) is 1.39. The molecule has 1 heterocycles. The monoisotopic (exact) mass is 353 g/mol. The summed E-state index contributed by atoms with van der Waals surface area (Å²) in [6.07, 6.45) is 0.410. The number of carbonyl (C=O) groups excluding carboxylic acids is 2. The SMILES string of the molecule is CCC(=O)Nc1nc(CSCC(=O)Nc2ccc(F)cc2)cs1. The van der Waals surface area contributed by atoms with Crippen LogP contribution in [0.25, 0.3) is 0 Å². The molecule has 2 aromatic rings. The van der Waals surface area contributed by atoms with Crippen LogP contribution < -0.4 is 10.6 Å². The summed E-state index contributed by atoms with van der Waals surface area (Å²) in [7, 11) is 0. The fourth-order valence-electron chi connectivity index (χ4n) is 1.62. The van der Waals surface area contributed by atoms with Crippen molar-refractivity contribution in [2.45, 2.75) is 19.1 Å². The summed E-state index contributed by atoms with van der Waals surface area (Å²) in [5, 5.41) is 7.82. The van der Waals surface area contributed by atoms with E-state index in [1.165, 1.54) is 47.4 Å². The Morgan fingerprint density at radius 2 is 1.96 bits per heavy atom. The van der Waals surface area contributed by atoms with Crippen LogP contribution in [0.3, 0.4) is 0 Å². The number of hydrogen-bond donors (Lipinski definition) is 2. The Bertz CT molecular complexity index is 674. The zero-order valence-corrected chi connectivity index (χ0v) is 14.1. The molecule has 0 saturated heterocycles. The second-order valence-corrected chi connectivity index (χ2v) is 6.44. The minimum Gasteiger partial charge on any atom is -0.325 e. The first-order chi connectivity index (χ1) is 11.1. The number of thioether (sulfide) groups is 1. The minimum absolute atomic E-state index is 0.0720. The van der Waals surface area contributed by atoms with Crippen LogP contribution in [0.15, 0.2) is 29.6 Å². The number of thiazole rings is 1. The molecular formula is C15H16FN3O2S2. The van der Waals surface area contributed by atoms with Gasteiger partial charge in [-0.3, -0.25) is 9.59 Å². The van der Waals surface area contributed by atoms with Crippen LogP contribution in [-0.4, -0.2) is 22.6 Å². The van der Waals surface area contributed by atoms with Crippen molar-refractivity contribution in [3.63, 3.8) is 0 Å². The summed E-state index contributed by atoms with van der Waals surface area (Å²) in [6, 6.07) is 5.62. The van der Waals surface area contributed by atoms with Crippen molar-refractivity contribution >= 4 is 45.7 Å². The summed E-state index contributed by atoms with van der Waals surface area (Å²) >= 11 is 2.78. The molecule has 0 unspecified atom stereocenters. The van der Waals surface area contributed by atoms with E-state index in [2.05, 4.69) is 15.6 Å². The largest absolute Gasteiger partial charge is 0.325 e. The van der Waals surface area contributed by atoms with E-state index in [9.17, 15) is 14.0 Å². The van der Waals surface area contributed by atoms with Gasteiger partial charge in [-0.15, -0.1) is 23.1 Å². The highest BCUT2D eigenvalue weighted by Crippen LogP contribution is 2.20. The highest BCUT2D eigenvalue weighted by molar-refractivity contribution is 7.99. The van der Waals surface area contributed by atoms with Crippen molar-refractivity contribution in [3.05, 3.63) is 41.2 Å². The maximum Gasteiger partial charge on any atom is 0.234 e. The number of carbonyl (C=O) groups is 2. The Labute approximate surface area is 141 Å². The Kier molecular flexibility index (Phi) is 6.54. The van der Waals surface area contributed by atoms with Gasteiger partial charge >= 0.3 is 0 Å². The number of hydrogen-bond acceptors (Lipinski definition) is 5. The third-order valence-electron chi connectivity index (χ3n) is 2.73. The topological polar surface area (TPSA) is 71.1 Å². The molecule has 1 aromatic carbocycles. The third-order valence-corrected chi connectivity index (χ3v) is 4.50. The van der Waals surface area contributed by atoms with E-state index in [-0.39, 0.29) is 23.4 Å². The average molecular weight is 353 g/mol. The molecule has 2 rings (SSSR count). The molecule has 122 valence electrons. The van der Waals surface area contributed by atoms with Gasteiger partial charge in [0.2, 0.25) is 11.8 Å². The van der Waals surface area contributed by atoms with Crippen LogP contribution in [0, 0.1) is 5.82 Å². The molecule has 0 aliphatic rings. The molecule has 0 fully saturated rings. The lowest BCUT2D eigenvalue weighted by Gasteiger charge is -2.04. The first-order valence-electron chi connectivity index (χ1n) is 6.94. The lowest BCUT2D eigenvalue weighted by Crippen LogP contribution is -2.14. The van der Waals surface area contributed by atoms with Gasteiger partial charge in [-0.25, -0.2) is 9.37 Å². The molecule has 2 N–H and O–H groups in total. The fraction of sp³-hybridized carbons (Fsp3) is 0.267. The van der Waals surface area contributed by atoms with Crippen LogP contribution in [0.4, 0.5) is 15.2 Å². The van der Waals surface area contributed by atoms with Gasteiger partial charge in [0, 0.05) is 23.2 Å². The molecule has 0 spiro atoms. The molecule has 1 aromatic heterocycles. The first kappa shape index (κ1) is 17.4. The Morgan fingerprint density at radius 3 is 2.65 bits per heavy atom. The van der Waals surface area contributed by atoms with E-state index >= 15 is 0 Å². The van der Waals surface area contributed by atoms with Gasteiger partial charge in [-0.05, 0) is 24.3 Å². The molecule has 0 atom stereocenters. The van der Waals surface area contributed by atoms with Gasteiger partial charge in [0.05, 0.1) is 11.4 Å². The molecule has 0 radical (unpaired) electrons. The van der Waals surface area contributed by atoms with Gasteiger partial charge in [0.15, 0.2) is 5.13 Å². The van der Waals surface area contributed by atoms with E-state index in [4.69, 9.17) is 0 Å². The van der Waals surface area contributed by atoms with Crippen molar-refractivity contribution in [2.24, 2.45) is 0 Å². The Morgan fingerprint density at radius 1 is 1.22 bits per heavy atom. The highest BCUT2D eigenvalue weighted by Gasteiger charge is 2.07. The van der Waals surface area contributed by atoms with E-state index in [0.29, 0.717) is 23.0 Å². The van der Waals surface area contributed by atoms with E-state index in [1.54, 1.807) is 6.92 Å². The number of nitrogens with one attached hydrogen (secondary N) is 2. The van der Waals surface area contributed by atoms with Gasteiger partial charge in [-0.1, -0.05) is 6.92 Å². The molecule has 0 aliphatic carbocycles. The molecule has 0 aliphatic heterocycles. The van der Waals surface area contributed by atoms with Gasteiger partial charge in [0.25, 0.3) is 0 Å². The summed E-state index contributed by atoms with van der Waals surface area (Å²) in [6.45, 7) is 1.78. The highest BCUT2D eigenvalue weighted by atomic mass is 32.2. The molecule has 0 bridgehead atoms. The van der Waals surface area contributed by atoms with Crippen molar-refractivity contribution in [2.75, 3.05) is 16.4 Å². The summed E-state index contributed by atoms with van der Waals surface area (Å²) in [4.78, 5) is 27.3. The third kappa shape index (κ3) is 5.99. The van der Waals surface area contributed by atoms with Gasteiger partial charge in [-0.2, -0.15) is 0 Å². The average Bonchev–Trinajstić information content (AvgIpc) is 2.97. The van der Waals surface area contributed by atoms with Crippen molar-refractivity contribution < 1.29 is 14.0 Å². The standard InChI is InChI=1S/C15H16FN3O2S2/c1-2-13(20)19-15-18-12(8-23-15)7-22-9-14(21)17-11-5-3-10(16)4-6-11/h3-6,8H,2,7,9H2,1H3,(H,17,21)(H,18,19,20). The van der Waals surface area contributed by atoms with Crippen LogP contribution in [0.2, 0.25) is 0 Å². The van der Waals surface area contributed by atoms with Crippen LogP contribution in [-0.2, 0) is 15.3 Å². The maximum atomic E-state index is 12.8. The first-order valence-corrected chi connectivity index (χ1v) is 8.97. The second-order valence-electron chi connectivity index (χ2n) is 4.59. The van der Waals surface area contributed by atoms with E-state index < -0.39 is 0 Å². The maximum absolute atomic E-state index is 12.8. The predicted molar refractivity (Wildman–Crippen MR) is 92.2 cm³/mol. The van der Waals surface area contributed by atoms with Crippen molar-refractivity contribution in [3.8, 4) is 0 Å². The predicted octanol–water partition coefficient (Wildman–Crippen LogP) is 3.50. The number of aromatic nitrogens is 1. The Balaban J connectivity index is 1.73. The molecule has 23 heavy (non-hydrogen) atoms. The number of amides is 2. The van der Waals surface area contributed by atoms with Crippen LogP contribution in [0.1, 0.15) is 19.0 Å². The smallest absolute Gasteiger partial charge is 0.234 e. The second kappa shape index (κ2) is 8.64. The number of rotatable bonds is 7. The number of nitrogens with zero attached hydrogens (tertiary/aromatic N) is 1. The number of anilines is 2. The van der Waals surface area contributed by atoms with Gasteiger partial charge < -0.3 is 10.6 Å². The number of halogens is 1. The molecule has 5 nitrogen and oxygen atoms in total. The molecule has 8 heteroatoms. The van der Waals surface area contributed by atoms with Crippen LogP contribution >= 0.6 is 23.1 Å². The van der Waals surface area contributed by atoms with Gasteiger partial charge in [0.1, 0.15) is 5.82 Å². The lowest BCUT2D eigenvalue weighted by molar-refractivity contribution is -0.116. The van der Waals surface area contributed by atoms with Crippen molar-refractivity contribution in [1.82, 2.24) is 4.98 Å². The summed E-state index contributed by atoms with van der Waals surface area (Å²) < 4.78 is 12.8. The van der Waals surface area contributed by atoms with Crippen LogP contribution in [0.5, 0.6) is 0 Å². The zero-order chi connectivity index (χ0) is 16.7. The normalized spacial score (nSPS) is 10.3. The lowest BCUT2D eigenvalue weighted by atomic mass is 10.3. The molecule has 2 amide bonds. The minimum atomic E-state index is -0.341.